The van der Waals surface area contributed by atoms with E-state index in [9.17, 15) is 9.59 Å². The van der Waals surface area contributed by atoms with E-state index < -0.39 is 11.9 Å². The highest BCUT2D eigenvalue weighted by atomic mass is 16.5. The first-order chi connectivity index (χ1) is 12.2. The van der Waals surface area contributed by atoms with Crippen molar-refractivity contribution in [3.63, 3.8) is 0 Å². The zero-order valence-electron chi connectivity index (χ0n) is 13.7. The molecule has 0 aliphatic rings. The van der Waals surface area contributed by atoms with Crippen molar-refractivity contribution in [2.45, 2.75) is 6.92 Å². The molecule has 0 bridgehead atoms. The molecule has 2 aromatic rings. The van der Waals surface area contributed by atoms with Crippen LogP contribution in [0.1, 0.15) is 12.6 Å². The van der Waals surface area contributed by atoms with E-state index in [2.05, 4.69) is 26.1 Å². The monoisotopic (exact) mass is 341 g/mol. The zero-order chi connectivity index (χ0) is 17.9. The van der Waals surface area contributed by atoms with Crippen LogP contribution in [0.15, 0.2) is 53.8 Å². The molecule has 0 aliphatic heterocycles. The lowest BCUT2D eigenvalue weighted by Crippen LogP contribution is -2.37. The van der Waals surface area contributed by atoms with Crippen molar-refractivity contribution < 1.29 is 14.3 Å². The molecule has 2 rings (SSSR count). The topological polar surface area (TPSA) is 105 Å². The summed E-state index contributed by atoms with van der Waals surface area (Å²) in [6.07, 6.45) is 3.03. The second-order valence-electron chi connectivity index (χ2n) is 4.78. The van der Waals surface area contributed by atoms with Crippen LogP contribution in [0, 0.1) is 0 Å². The van der Waals surface area contributed by atoms with E-state index in [1.165, 1.54) is 6.21 Å². The van der Waals surface area contributed by atoms with Gasteiger partial charge in [0.05, 0.1) is 24.2 Å². The number of hydrogen-bond donors (Lipinski definition) is 3. The van der Waals surface area contributed by atoms with Crippen LogP contribution in [0.2, 0.25) is 0 Å². The van der Waals surface area contributed by atoms with E-state index in [0.717, 1.165) is 0 Å². The number of amides is 3. The molecule has 3 N–H and O–H groups in total. The van der Waals surface area contributed by atoms with Crippen LogP contribution in [-0.4, -0.2) is 36.3 Å². The molecular weight excluding hydrogens is 322 g/mol. The summed E-state index contributed by atoms with van der Waals surface area (Å²) in [5.74, 6) is 0.102. The number of carbonyl (C=O) groups excluding carboxylic acids is 2. The average molecular weight is 341 g/mol. The molecule has 130 valence electrons. The maximum Gasteiger partial charge on any atom is 0.319 e. The predicted molar refractivity (Wildman–Crippen MR) is 94.6 cm³/mol. The molecule has 8 heteroatoms. The van der Waals surface area contributed by atoms with Crippen LogP contribution in [-0.2, 0) is 4.79 Å². The first kappa shape index (κ1) is 17.9. The van der Waals surface area contributed by atoms with Gasteiger partial charge in [-0.05, 0) is 31.2 Å². The minimum absolute atomic E-state index is 0.220. The van der Waals surface area contributed by atoms with Crippen LogP contribution in [0.3, 0.4) is 0 Å². The number of carbonyl (C=O) groups is 2. The largest absolute Gasteiger partial charge is 0.492 e. The molecule has 0 unspecified atom stereocenters. The van der Waals surface area contributed by atoms with Crippen LogP contribution >= 0.6 is 0 Å². The second kappa shape index (κ2) is 9.66. The molecule has 0 aliphatic carbocycles. The quantitative estimate of drug-likeness (QED) is 0.527. The Morgan fingerprint density at radius 1 is 1.20 bits per heavy atom. The highest BCUT2D eigenvalue weighted by Crippen LogP contribution is 2.23. The minimum atomic E-state index is -0.518. The van der Waals surface area contributed by atoms with Crippen molar-refractivity contribution in [2.24, 2.45) is 5.10 Å². The van der Waals surface area contributed by atoms with Gasteiger partial charge >= 0.3 is 6.03 Å². The van der Waals surface area contributed by atoms with Crippen molar-refractivity contribution in [3.8, 4) is 5.75 Å². The summed E-state index contributed by atoms with van der Waals surface area (Å²) in [4.78, 5) is 27.5. The van der Waals surface area contributed by atoms with E-state index in [1.54, 1.807) is 42.6 Å². The Morgan fingerprint density at radius 2 is 2.00 bits per heavy atom. The molecule has 0 saturated heterocycles. The Labute approximate surface area is 145 Å². The number of nitrogens with zero attached hydrogens (tertiary/aromatic N) is 2. The van der Waals surface area contributed by atoms with Crippen molar-refractivity contribution in [1.29, 1.82) is 0 Å². The fourth-order valence-electron chi connectivity index (χ4n) is 1.84. The second-order valence-corrected chi connectivity index (χ2v) is 4.78. The number of anilines is 1. The summed E-state index contributed by atoms with van der Waals surface area (Å²) in [7, 11) is 0. The van der Waals surface area contributed by atoms with E-state index in [-0.39, 0.29) is 6.54 Å². The number of benzene rings is 1. The normalized spacial score (nSPS) is 10.3. The Bertz CT molecular complexity index is 734. The van der Waals surface area contributed by atoms with Gasteiger partial charge in [-0.3, -0.25) is 9.78 Å². The molecule has 1 aromatic heterocycles. The molecule has 1 heterocycles. The minimum Gasteiger partial charge on any atom is -0.492 e. The van der Waals surface area contributed by atoms with E-state index in [4.69, 9.17) is 4.74 Å². The molecule has 0 atom stereocenters. The average Bonchev–Trinajstić information content (AvgIpc) is 2.63. The van der Waals surface area contributed by atoms with E-state index >= 15 is 0 Å². The van der Waals surface area contributed by atoms with Crippen LogP contribution < -0.4 is 20.8 Å². The summed E-state index contributed by atoms with van der Waals surface area (Å²) in [5, 5.41) is 8.83. The third-order valence-electron chi connectivity index (χ3n) is 2.92. The lowest BCUT2D eigenvalue weighted by atomic mass is 10.3. The molecule has 0 fully saturated rings. The highest BCUT2D eigenvalue weighted by Gasteiger charge is 2.08. The molecule has 25 heavy (non-hydrogen) atoms. The molecule has 8 nitrogen and oxygen atoms in total. The predicted octanol–water partition coefficient (Wildman–Crippen LogP) is 1.75. The van der Waals surface area contributed by atoms with Crippen molar-refractivity contribution in [1.82, 2.24) is 15.7 Å². The first-order valence-corrected chi connectivity index (χ1v) is 7.68. The van der Waals surface area contributed by atoms with Gasteiger partial charge in [0.1, 0.15) is 12.3 Å². The van der Waals surface area contributed by atoms with Crippen molar-refractivity contribution in [3.05, 3.63) is 54.4 Å². The lowest BCUT2D eigenvalue weighted by Gasteiger charge is -2.11. The highest BCUT2D eigenvalue weighted by molar-refractivity contribution is 5.93. The van der Waals surface area contributed by atoms with Gasteiger partial charge in [-0.1, -0.05) is 18.2 Å². The fourth-order valence-corrected chi connectivity index (χ4v) is 1.84. The number of para-hydroxylation sites is 2. The molecule has 1 aromatic carbocycles. The Balaban J connectivity index is 1.76. The Kier molecular flexibility index (Phi) is 6.93. The Hall–Kier alpha value is -3.42. The van der Waals surface area contributed by atoms with Gasteiger partial charge in [-0.25, -0.2) is 10.2 Å². The zero-order valence-corrected chi connectivity index (χ0v) is 13.7. The van der Waals surface area contributed by atoms with Crippen LogP contribution in [0.4, 0.5) is 10.5 Å². The number of aromatic nitrogens is 1. The third kappa shape index (κ3) is 6.30. The van der Waals surface area contributed by atoms with Gasteiger partial charge < -0.3 is 15.4 Å². The first-order valence-electron chi connectivity index (χ1n) is 7.68. The SMILES string of the molecule is CCOc1ccccc1NC(=O)NCC(=O)N/N=C/c1ccccn1. The maximum absolute atomic E-state index is 11.9. The molecular formula is C17H19N5O3. The number of pyridine rings is 1. The Morgan fingerprint density at radius 3 is 2.76 bits per heavy atom. The number of hydrazone groups is 1. The number of hydrogen-bond acceptors (Lipinski definition) is 5. The standard InChI is InChI=1S/C17H19N5O3/c1-2-25-15-9-4-3-8-14(15)21-17(24)19-12-16(23)22-20-11-13-7-5-6-10-18-13/h3-11H,2,12H2,1H3,(H,22,23)(H2,19,21,24)/b20-11+. The molecule has 3 amide bonds. The van der Waals surface area contributed by atoms with Gasteiger partial charge in [0.2, 0.25) is 0 Å². The summed E-state index contributed by atoms with van der Waals surface area (Å²) >= 11 is 0. The number of ether oxygens (including phenoxy) is 1. The summed E-state index contributed by atoms with van der Waals surface area (Å²) in [5.41, 5.74) is 3.44. The van der Waals surface area contributed by atoms with Crippen molar-refractivity contribution in [2.75, 3.05) is 18.5 Å². The summed E-state index contributed by atoms with van der Waals surface area (Å²) in [6.45, 7) is 2.12. The fraction of sp³-hybridized carbons (Fsp3) is 0.176. The van der Waals surface area contributed by atoms with Crippen LogP contribution in [0.5, 0.6) is 5.75 Å². The van der Waals surface area contributed by atoms with Crippen molar-refractivity contribution >= 4 is 23.8 Å². The molecule has 0 spiro atoms. The summed E-state index contributed by atoms with van der Waals surface area (Å²) < 4.78 is 5.41. The van der Waals surface area contributed by atoms with Gasteiger partial charge in [0, 0.05) is 6.20 Å². The van der Waals surface area contributed by atoms with Crippen LogP contribution in [0.25, 0.3) is 0 Å². The number of nitrogens with one attached hydrogen (secondary N) is 3. The van der Waals surface area contributed by atoms with Gasteiger partial charge in [-0.15, -0.1) is 0 Å². The smallest absolute Gasteiger partial charge is 0.319 e. The van der Waals surface area contributed by atoms with Gasteiger partial charge in [0.15, 0.2) is 0 Å². The van der Waals surface area contributed by atoms with E-state index in [1.807, 2.05) is 13.0 Å². The molecule has 0 radical (unpaired) electrons. The van der Waals surface area contributed by atoms with Gasteiger partial charge in [-0.2, -0.15) is 5.10 Å². The number of rotatable bonds is 7. The number of urea groups is 1. The van der Waals surface area contributed by atoms with Gasteiger partial charge in [0.25, 0.3) is 5.91 Å². The van der Waals surface area contributed by atoms with E-state index in [0.29, 0.717) is 23.7 Å². The maximum atomic E-state index is 11.9. The molecule has 0 saturated carbocycles. The lowest BCUT2D eigenvalue weighted by molar-refractivity contribution is -0.120. The third-order valence-corrected chi connectivity index (χ3v) is 2.92. The summed E-state index contributed by atoms with van der Waals surface area (Å²) in [6, 6.07) is 11.9.